The summed E-state index contributed by atoms with van der Waals surface area (Å²) < 4.78 is 23.7. The van der Waals surface area contributed by atoms with Crippen LogP contribution >= 0.6 is 11.6 Å². The molecule has 18 heavy (non-hydrogen) atoms. The van der Waals surface area contributed by atoms with Crippen LogP contribution in [0.4, 0.5) is 4.39 Å². The maximum Gasteiger partial charge on any atom is 0.171 e. The number of halogens is 2. The maximum absolute atomic E-state index is 13.4. The minimum absolute atomic E-state index is 0.207. The standard InChI is InChI=1S/C13H11ClFNO2/c1-17-11-5-4-9(7-10(11)15)8-18-12-3-2-6-16-13(12)14/h2-7H,8H2,1H3. The van der Waals surface area contributed by atoms with Gasteiger partial charge in [-0.15, -0.1) is 0 Å². The highest BCUT2D eigenvalue weighted by molar-refractivity contribution is 6.30. The monoisotopic (exact) mass is 267 g/mol. The van der Waals surface area contributed by atoms with Crippen molar-refractivity contribution in [2.24, 2.45) is 0 Å². The molecular formula is C13H11ClFNO2. The van der Waals surface area contributed by atoms with Gasteiger partial charge in [-0.3, -0.25) is 0 Å². The largest absolute Gasteiger partial charge is 0.494 e. The fourth-order valence-corrected chi connectivity index (χ4v) is 1.61. The van der Waals surface area contributed by atoms with E-state index in [0.29, 0.717) is 11.3 Å². The summed E-state index contributed by atoms with van der Waals surface area (Å²) in [6.07, 6.45) is 1.57. The first-order chi connectivity index (χ1) is 8.70. The minimum atomic E-state index is -0.420. The molecule has 0 aliphatic rings. The van der Waals surface area contributed by atoms with Gasteiger partial charge in [-0.25, -0.2) is 9.37 Å². The Balaban J connectivity index is 2.07. The van der Waals surface area contributed by atoms with E-state index in [0.717, 1.165) is 0 Å². The molecule has 3 nitrogen and oxygen atoms in total. The average Bonchev–Trinajstić information content (AvgIpc) is 2.38. The molecule has 1 aromatic carbocycles. The third kappa shape index (κ3) is 2.90. The van der Waals surface area contributed by atoms with Gasteiger partial charge in [-0.05, 0) is 29.8 Å². The van der Waals surface area contributed by atoms with Gasteiger partial charge in [-0.2, -0.15) is 0 Å². The number of ether oxygens (including phenoxy) is 2. The third-order valence-electron chi connectivity index (χ3n) is 2.34. The number of methoxy groups -OCH3 is 1. The van der Waals surface area contributed by atoms with E-state index < -0.39 is 5.82 Å². The van der Waals surface area contributed by atoms with Crippen LogP contribution in [0.15, 0.2) is 36.5 Å². The summed E-state index contributed by atoms with van der Waals surface area (Å²) >= 11 is 5.84. The number of rotatable bonds is 4. The Hall–Kier alpha value is -1.81. The first-order valence-electron chi connectivity index (χ1n) is 5.26. The Morgan fingerprint density at radius 3 is 2.78 bits per heavy atom. The van der Waals surface area contributed by atoms with E-state index in [1.54, 1.807) is 30.5 Å². The summed E-state index contributed by atoms with van der Waals surface area (Å²) in [5.41, 5.74) is 0.688. The molecule has 0 atom stereocenters. The van der Waals surface area contributed by atoms with Gasteiger partial charge in [0, 0.05) is 6.20 Å². The Bertz CT molecular complexity index is 548. The van der Waals surface area contributed by atoms with Crippen LogP contribution in [-0.4, -0.2) is 12.1 Å². The minimum Gasteiger partial charge on any atom is -0.494 e. The van der Waals surface area contributed by atoms with E-state index in [1.165, 1.54) is 13.2 Å². The SMILES string of the molecule is COc1ccc(COc2cccnc2Cl)cc1F. The molecule has 5 heteroatoms. The fraction of sp³-hybridized carbons (Fsp3) is 0.154. The first kappa shape index (κ1) is 12.6. The van der Waals surface area contributed by atoms with Crippen LogP contribution in [0.5, 0.6) is 11.5 Å². The third-order valence-corrected chi connectivity index (χ3v) is 2.62. The first-order valence-corrected chi connectivity index (χ1v) is 5.64. The summed E-state index contributed by atoms with van der Waals surface area (Å²) in [6.45, 7) is 0.215. The highest BCUT2D eigenvalue weighted by Crippen LogP contribution is 2.23. The maximum atomic E-state index is 13.4. The predicted octanol–water partition coefficient (Wildman–Crippen LogP) is 3.46. The normalized spacial score (nSPS) is 10.2. The van der Waals surface area contributed by atoms with Crippen LogP contribution in [0, 0.1) is 5.82 Å². The molecule has 0 aliphatic heterocycles. The molecule has 0 N–H and O–H groups in total. The van der Waals surface area contributed by atoms with Crippen molar-refractivity contribution in [1.82, 2.24) is 4.98 Å². The zero-order chi connectivity index (χ0) is 13.0. The van der Waals surface area contributed by atoms with Gasteiger partial charge in [0.2, 0.25) is 0 Å². The lowest BCUT2D eigenvalue weighted by Crippen LogP contribution is -1.98. The van der Waals surface area contributed by atoms with E-state index >= 15 is 0 Å². The van der Waals surface area contributed by atoms with Crippen LogP contribution in [0.3, 0.4) is 0 Å². The molecule has 0 spiro atoms. The van der Waals surface area contributed by atoms with Crippen molar-refractivity contribution in [1.29, 1.82) is 0 Å². The van der Waals surface area contributed by atoms with Crippen LogP contribution in [0.1, 0.15) is 5.56 Å². The van der Waals surface area contributed by atoms with E-state index in [2.05, 4.69) is 4.98 Å². The second kappa shape index (κ2) is 5.69. The molecule has 0 amide bonds. The molecule has 0 saturated heterocycles. The smallest absolute Gasteiger partial charge is 0.171 e. The van der Waals surface area contributed by atoms with Gasteiger partial charge in [0.1, 0.15) is 6.61 Å². The summed E-state index contributed by atoms with van der Waals surface area (Å²) in [6, 6.07) is 8.07. The van der Waals surface area contributed by atoms with Crippen molar-refractivity contribution in [3.05, 3.63) is 53.1 Å². The Kier molecular flexibility index (Phi) is 3.99. The molecule has 0 bridgehead atoms. The van der Waals surface area contributed by atoms with Gasteiger partial charge in [0.25, 0.3) is 0 Å². The molecule has 1 aromatic heterocycles. The highest BCUT2D eigenvalue weighted by atomic mass is 35.5. The van der Waals surface area contributed by atoms with Crippen molar-refractivity contribution in [2.45, 2.75) is 6.61 Å². The van der Waals surface area contributed by atoms with Crippen molar-refractivity contribution in [3.63, 3.8) is 0 Å². The molecule has 2 aromatic rings. The quantitative estimate of drug-likeness (QED) is 0.795. The molecule has 0 fully saturated rings. The van der Waals surface area contributed by atoms with E-state index in [-0.39, 0.29) is 17.5 Å². The van der Waals surface area contributed by atoms with Crippen molar-refractivity contribution in [2.75, 3.05) is 7.11 Å². The predicted molar refractivity (Wildman–Crippen MR) is 66.5 cm³/mol. The van der Waals surface area contributed by atoms with Crippen molar-refractivity contribution < 1.29 is 13.9 Å². The Morgan fingerprint density at radius 2 is 2.11 bits per heavy atom. The molecule has 1 heterocycles. The van der Waals surface area contributed by atoms with E-state index in [4.69, 9.17) is 21.1 Å². The van der Waals surface area contributed by atoms with Gasteiger partial charge in [0.05, 0.1) is 7.11 Å². The van der Waals surface area contributed by atoms with Gasteiger partial charge >= 0.3 is 0 Å². The van der Waals surface area contributed by atoms with Crippen LogP contribution < -0.4 is 9.47 Å². The number of nitrogens with zero attached hydrogens (tertiary/aromatic N) is 1. The number of hydrogen-bond donors (Lipinski definition) is 0. The molecule has 0 radical (unpaired) electrons. The number of pyridine rings is 1. The topological polar surface area (TPSA) is 31.4 Å². The zero-order valence-corrected chi connectivity index (χ0v) is 10.4. The van der Waals surface area contributed by atoms with Crippen molar-refractivity contribution in [3.8, 4) is 11.5 Å². The van der Waals surface area contributed by atoms with E-state index in [9.17, 15) is 4.39 Å². The number of aromatic nitrogens is 1. The fourth-order valence-electron chi connectivity index (χ4n) is 1.44. The van der Waals surface area contributed by atoms with Crippen LogP contribution in [-0.2, 0) is 6.61 Å². The lowest BCUT2D eigenvalue weighted by Gasteiger charge is -2.08. The van der Waals surface area contributed by atoms with Gasteiger partial charge in [0.15, 0.2) is 22.5 Å². The lowest BCUT2D eigenvalue weighted by molar-refractivity contribution is 0.303. The molecular weight excluding hydrogens is 257 g/mol. The number of benzene rings is 1. The molecule has 0 unspecified atom stereocenters. The summed E-state index contributed by atoms with van der Waals surface area (Å²) in [5.74, 6) is 0.254. The summed E-state index contributed by atoms with van der Waals surface area (Å²) in [4.78, 5) is 3.88. The molecule has 94 valence electrons. The summed E-state index contributed by atoms with van der Waals surface area (Å²) in [7, 11) is 1.42. The molecule has 0 saturated carbocycles. The van der Waals surface area contributed by atoms with Crippen LogP contribution in [0.2, 0.25) is 5.15 Å². The summed E-state index contributed by atoms with van der Waals surface area (Å²) in [5, 5.41) is 0.284. The lowest BCUT2D eigenvalue weighted by atomic mass is 10.2. The zero-order valence-electron chi connectivity index (χ0n) is 9.69. The second-order valence-electron chi connectivity index (χ2n) is 3.55. The van der Waals surface area contributed by atoms with Crippen LogP contribution in [0.25, 0.3) is 0 Å². The molecule has 2 rings (SSSR count). The van der Waals surface area contributed by atoms with Crippen molar-refractivity contribution >= 4 is 11.6 Å². The number of hydrogen-bond acceptors (Lipinski definition) is 3. The van der Waals surface area contributed by atoms with Gasteiger partial charge < -0.3 is 9.47 Å². The average molecular weight is 268 g/mol. The second-order valence-corrected chi connectivity index (χ2v) is 3.91. The van der Waals surface area contributed by atoms with E-state index in [1.807, 2.05) is 0 Å². The molecule has 0 aliphatic carbocycles. The Morgan fingerprint density at radius 1 is 1.28 bits per heavy atom. The Labute approximate surface area is 109 Å². The van der Waals surface area contributed by atoms with Gasteiger partial charge in [-0.1, -0.05) is 17.7 Å². The highest BCUT2D eigenvalue weighted by Gasteiger charge is 2.05.